The van der Waals surface area contributed by atoms with Crippen LogP contribution in [0.15, 0.2) is 18.5 Å². The number of aliphatic hydroxyl groups excluding tert-OH is 1. The normalized spacial score (nSPS) is 14.1. The molecule has 1 atom stereocenters. The number of aromatic nitrogens is 1. The molecular formula is C9H12F3NO2. The first-order chi connectivity index (χ1) is 6.99. The van der Waals surface area contributed by atoms with Crippen molar-refractivity contribution in [3.8, 4) is 0 Å². The summed E-state index contributed by atoms with van der Waals surface area (Å²) in [5.74, 6) is 0. The zero-order valence-corrected chi connectivity index (χ0v) is 7.92. The maximum Gasteiger partial charge on any atom is 0.411 e. The second kappa shape index (κ2) is 5.18. The molecule has 1 heterocycles. The van der Waals surface area contributed by atoms with E-state index in [1.807, 2.05) is 0 Å². The molecule has 0 amide bonds. The van der Waals surface area contributed by atoms with Crippen LogP contribution >= 0.6 is 0 Å². The minimum Gasteiger partial charge on any atom is -0.388 e. The van der Waals surface area contributed by atoms with Crippen molar-refractivity contribution in [2.75, 3.05) is 13.2 Å². The van der Waals surface area contributed by atoms with Crippen LogP contribution in [-0.2, 0) is 4.74 Å². The fourth-order valence-electron chi connectivity index (χ4n) is 1.09. The third kappa shape index (κ3) is 4.85. The first kappa shape index (κ1) is 12.1. The molecule has 1 rings (SSSR count). The first-order valence-corrected chi connectivity index (χ1v) is 4.44. The van der Waals surface area contributed by atoms with Gasteiger partial charge in [0.1, 0.15) is 6.61 Å². The minimum atomic E-state index is -4.31. The molecular weight excluding hydrogens is 211 g/mol. The predicted molar refractivity (Wildman–Crippen MR) is 47.2 cm³/mol. The highest BCUT2D eigenvalue weighted by Gasteiger charge is 2.27. The quantitative estimate of drug-likeness (QED) is 0.750. The van der Waals surface area contributed by atoms with Crippen molar-refractivity contribution < 1.29 is 23.0 Å². The average molecular weight is 223 g/mol. The van der Waals surface area contributed by atoms with Gasteiger partial charge in [-0.3, -0.25) is 0 Å². The molecule has 0 aliphatic carbocycles. The summed E-state index contributed by atoms with van der Waals surface area (Å²) in [6.07, 6.45) is -1.72. The largest absolute Gasteiger partial charge is 0.411 e. The molecule has 3 nitrogen and oxygen atoms in total. The summed E-state index contributed by atoms with van der Waals surface area (Å²) in [7, 11) is 0. The van der Waals surface area contributed by atoms with Gasteiger partial charge in [0.05, 0.1) is 6.10 Å². The number of nitrogens with one attached hydrogen (secondary N) is 1. The predicted octanol–water partition coefficient (Wildman–Crippen LogP) is 2.02. The van der Waals surface area contributed by atoms with Gasteiger partial charge in [0.25, 0.3) is 0 Å². The Morgan fingerprint density at radius 1 is 1.47 bits per heavy atom. The SMILES string of the molecule is OC(CCOCC(F)(F)F)c1cc[nH]c1. The van der Waals surface area contributed by atoms with E-state index in [0.717, 1.165) is 0 Å². The van der Waals surface area contributed by atoms with Gasteiger partial charge in [-0.2, -0.15) is 13.2 Å². The van der Waals surface area contributed by atoms with Crippen molar-refractivity contribution in [2.24, 2.45) is 0 Å². The third-order valence-corrected chi connectivity index (χ3v) is 1.81. The number of aliphatic hydroxyl groups is 1. The molecule has 15 heavy (non-hydrogen) atoms. The molecule has 0 aliphatic heterocycles. The van der Waals surface area contributed by atoms with E-state index in [4.69, 9.17) is 0 Å². The lowest BCUT2D eigenvalue weighted by atomic mass is 10.1. The summed E-state index contributed by atoms with van der Waals surface area (Å²) in [6.45, 7) is -1.39. The number of hydrogen-bond donors (Lipinski definition) is 2. The number of alkyl halides is 3. The lowest BCUT2D eigenvalue weighted by Gasteiger charge is -2.10. The summed E-state index contributed by atoms with van der Waals surface area (Å²) in [4.78, 5) is 2.74. The van der Waals surface area contributed by atoms with Crippen molar-refractivity contribution in [2.45, 2.75) is 18.7 Å². The minimum absolute atomic E-state index is 0.119. The Kier molecular flexibility index (Phi) is 4.16. The highest BCUT2D eigenvalue weighted by molar-refractivity contribution is 5.11. The molecule has 0 aromatic carbocycles. The van der Waals surface area contributed by atoms with Gasteiger partial charge in [0, 0.05) is 25.4 Å². The van der Waals surface area contributed by atoms with Crippen LogP contribution in [0.5, 0.6) is 0 Å². The molecule has 0 fully saturated rings. The van der Waals surface area contributed by atoms with Gasteiger partial charge in [-0.25, -0.2) is 0 Å². The van der Waals surface area contributed by atoms with Crippen LogP contribution in [0.1, 0.15) is 18.1 Å². The number of H-pyrrole nitrogens is 1. The molecule has 0 saturated heterocycles. The van der Waals surface area contributed by atoms with Crippen molar-refractivity contribution in [3.63, 3.8) is 0 Å². The highest BCUT2D eigenvalue weighted by Crippen LogP contribution is 2.17. The van der Waals surface area contributed by atoms with E-state index >= 15 is 0 Å². The zero-order chi connectivity index (χ0) is 11.3. The summed E-state index contributed by atoms with van der Waals surface area (Å²) < 4.78 is 39.4. The van der Waals surface area contributed by atoms with Crippen LogP contribution in [0.3, 0.4) is 0 Å². The molecule has 86 valence electrons. The molecule has 0 bridgehead atoms. The Morgan fingerprint density at radius 3 is 2.73 bits per heavy atom. The van der Waals surface area contributed by atoms with E-state index in [2.05, 4.69) is 9.72 Å². The van der Waals surface area contributed by atoms with Gasteiger partial charge in [0.15, 0.2) is 0 Å². The van der Waals surface area contributed by atoms with Crippen LogP contribution in [0.4, 0.5) is 13.2 Å². The van der Waals surface area contributed by atoms with E-state index in [9.17, 15) is 18.3 Å². The Hall–Kier alpha value is -1.01. The number of halogens is 3. The summed E-state index contributed by atoms with van der Waals surface area (Å²) >= 11 is 0. The van der Waals surface area contributed by atoms with E-state index in [0.29, 0.717) is 5.56 Å². The summed E-state index contributed by atoms with van der Waals surface area (Å²) in [5.41, 5.74) is 0.644. The maximum absolute atomic E-state index is 11.7. The van der Waals surface area contributed by atoms with E-state index < -0.39 is 18.9 Å². The molecule has 1 aromatic rings. The van der Waals surface area contributed by atoms with E-state index in [-0.39, 0.29) is 13.0 Å². The maximum atomic E-state index is 11.7. The Balaban J connectivity index is 2.16. The highest BCUT2D eigenvalue weighted by atomic mass is 19.4. The van der Waals surface area contributed by atoms with Gasteiger partial charge in [-0.05, 0) is 11.6 Å². The van der Waals surface area contributed by atoms with Crippen LogP contribution in [0.25, 0.3) is 0 Å². The zero-order valence-electron chi connectivity index (χ0n) is 7.92. The van der Waals surface area contributed by atoms with Gasteiger partial charge in [-0.1, -0.05) is 0 Å². The number of ether oxygens (including phenoxy) is 1. The molecule has 1 aromatic heterocycles. The smallest absolute Gasteiger partial charge is 0.388 e. The summed E-state index contributed by atoms with van der Waals surface area (Å²) in [5, 5.41) is 9.46. The second-order valence-electron chi connectivity index (χ2n) is 3.12. The van der Waals surface area contributed by atoms with Crippen LogP contribution in [0, 0.1) is 0 Å². The Bertz CT molecular complexity index is 271. The lowest BCUT2D eigenvalue weighted by Crippen LogP contribution is -2.18. The van der Waals surface area contributed by atoms with Crippen LogP contribution in [0.2, 0.25) is 0 Å². The van der Waals surface area contributed by atoms with Crippen molar-refractivity contribution in [3.05, 3.63) is 24.0 Å². The Morgan fingerprint density at radius 2 is 2.20 bits per heavy atom. The molecule has 2 N–H and O–H groups in total. The summed E-state index contributed by atoms with van der Waals surface area (Å²) in [6, 6.07) is 1.66. The van der Waals surface area contributed by atoms with Gasteiger partial charge in [0.2, 0.25) is 0 Å². The third-order valence-electron chi connectivity index (χ3n) is 1.81. The molecule has 0 saturated carbocycles. The molecule has 1 unspecified atom stereocenters. The molecule has 0 radical (unpaired) electrons. The van der Waals surface area contributed by atoms with E-state index in [1.54, 1.807) is 18.5 Å². The standard InChI is InChI=1S/C9H12F3NO2/c10-9(11,12)6-15-4-2-8(14)7-1-3-13-5-7/h1,3,5,8,13-14H,2,4,6H2. The second-order valence-corrected chi connectivity index (χ2v) is 3.12. The fourth-order valence-corrected chi connectivity index (χ4v) is 1.09. The number of rotatable bonds is 5. The van der Waals surface area contributed by atoms with E-state index in [1.165, 1.54) is 0 Å². The van der Waals surface area contributed by atoms with Crippen molar-refractivity contribution in [1.29, 1.82) is 0 Å². The molecule has 0 spiro atoms. The van der Waals surface area contributed by atoms with Gasteiger partial charge < -0.3 is 14.8 Å². The average Bonchev–Trinajstić information content (AvgIpc) is 2.63. The first-order valence-electron chi connectivity index (χ1n) is 4.44. The van der Waals surface area contributed by atoms with Crippen LogP contribution in [-0.4, -0.2) is 29.5 Å². The van der Waals surface area contributed by atoms with Crippen molar-refractivity contribution >= 4 is 0 Å². The van der Waals surface area contributed by atoms with Gasteiger partial charge >= 0.3 is 6.18 Å². The number of hydrogen-bond acceptors (Lipinski definition) is 2. The van der Waals surface area contributed by atoms with Gasteiger partial charge in [-0.15, -0.1) is 0 Å². The fraction of sp³-hybridized carbons (Fsp3) is 0.556. The Labute approximate surface area is 84.9 Å². The van der Waals surface area contributed by atoms with Crippen LogP contribution < -0.4 is 0 Å². The number of aromatic amines is 1. The van der Waals surface area contributed by atoms with Crippen molar-refractivity contribution in [1.82, 2.24) is 4.98 Å². The lowest BCUT2D eigenvalue weighted by molar-refractivity contribution is -0.175. The monoisotopic (exact) mass is 223 g/mol. The molecule has 6 heteroatoms. The molecule has 0 aliphatic rings. The topological polar surface area (TPSA) is 45.2 Å².